The minimum absolute atomic E-state index is 0.0614. The molecule has 2 atom stereocenters. The summed E-state index contributed by atoms with van der Waals surface area (Å²) in [6.45, 7) is 4.53. The molecule has 2 N–H and O–H groups in total. The van der Waals surface area contributed by atoms with Gasteiger partial charge in [-0.1, -0.05) is 11.6 Å². The number of aromatic nitrogens is 3. The lowest BCUT2D eigenvalue weighted by Gasteiger charge is -2.25. The van der Waals surface area contributed by atoms with E-state index in [0.29, 0.717) is 29.6 Å². The van der Waals surface area contributed by atoms with Gasteiger partial charge < -0.3 is 14.8 Å². The first kappa shape index (κ1) is 16.7. The molecular weight excluding hydrogens is 332 g/mol. The van der Waals surface area contributed by atoms with Gasteiger partial charge in [0.15, 0.2) is 5.69 Å². The van der Waals surface area contributed by atoms with Gasteiger partial charge in [-0.05, 0) is 26.0 Å². The van der Waals surface area contributed by atoms with Gasteiger partial charge in [0.25, 0.3) is 5.91 Å². The maximum atomic E-state index is 12.3. The van der Waals surface area contributed by atoms with Gasteiger partial charge in [0, 0.05) is 18.2 Å². The van der Waals surface area contributed by atoms with Gasteiger partial charge >= 0.3 is 0 Å². The molecule has 3 rings (SSSR count). The fraction of sp³-hybridized carbons (Fsp3) is 0.438. The predicted molar refractivity (Wildman–Crippen MR) is 88.3 cm³/mol. The normalized spacial score (nSPS) is 19.6. The summed E-state index contributed by atoms with van der Waals surface area (Å²) < 4.78 is 11.2. The number of pyridine rings is 1. The van der Waals surface area contributed by atoms with Gasteiger partial charge in [-0.25, -0.2) is 4.98 Å². The molecule has 7 nitrogen and oxygen atoms in total. The van der Waals surface area contributed by atoms with Crippen LogP contribution in [0.5, 0.6) is 5.88 Å². The highest BCUT2D eigenvalue weighted by molar-refractivity contribution is 6.31. The van der Waals surface area contributed by atoms with Gasteiger partial charge in [-0.3, -0.25) is 9.89 Å². The number of halogens is 1. The molecule has 128 valence electrons. The summed E-state index contributed by atoms with van der Waals surface area (Å²) in [6, 6.07) is 3.42. The average molecular weight is 351 g/mol. The Kier molecular flexibility index (Phi) is 5.01. The summed E-state index contributed by atoms with van der Waals surface area (Å²) >= 11 is 5.95. The number of nitrogens with one attached hydrogen (secondary N) is 2. The molecule has 2 aromatic rings. The number of amides is 1. The van der Waals surface area contributed by atoms with E-state index >= 15 is 0 Å². The van der Waals surface area contributed by atoms with Crippen molar-refractivity contribution in [2.75, 3.05) is 13.2 Å². The smallest absolute Gasteiger partial charge is 0.272 e. The standard InChI is InChI=1S/C16H19ClN4O3/c1-9-8-11-13(10(2)24-9)20-21-14(11)15(22)18-6-7-23-16-12(17)4-3-5-19-16/h3-5,9-10H,6-8H2,1-2H3,(H,18,22)(H,20,21)/t9-,10+/m1/s1. The Balaban J connectivity index is 1.56. The van der Waals surface area contributed by atoms with E-state index in [1.807, 2.05) is 13.8 Å². The molecule has 1 amide bonds. The summed E-state index contributed by atoms with van der Waals surface area (Å²) in [5, 5.41) is 10.3. The Hall–Kier alpha value is -2.12. The highest BCUT2D eigenvalue weighted by Gasteiger charge is 2.29. The van der Waals surface area contributed by atoms with E-state index in [-0.39, 0.29) is 24.7 Å². The maximum Gasteiger partial charge on any atom is 0.272 e. The van der Waals surface area contributed by atoms with E-state index in [0.717, 1.165) is 11.3 Å². The third-order valence-corrected chi connectivity index (χ3v) is 4.09. The molecule has 0 saturated carbocycles. The molecule has 0 unspecified atom stereocenters. The van der Waals surface area contributed by atoms with Crippen LogP contribution in [-0.2, 0) is 11.2 Å². The quantitative estimate of drug-likeness (QED) is 0.807. The van der Waals surface area contributed by atoms with Crippen molar-refractivity contribution in [3.63, 3.8) is 0 Å². The zero-order chi connectivity index (χ0) is 17.1. The van der Waals surface area contributed by atoms with Crippen molar-refractivity contribution in [1.82, 2.24) is 20.5 Å². The van der Waals surface area contributed by atoms with E-state index in [2.05, 4.69) is 20.5 Å². The van der Waals surface area contributed by atoms with Crippen LogP contribution >= 0.6 is 11.6 Å². The Labute approximate surface area is 144 Å². The van der Waals surface area contributed by atoms with Crippen LogP contribution in [-0.4, -0.2) is 40.3 Å². The summed E-state index contributed by atoms with van der Waals surface area (Å²) in [5.74, 6) is 0.120. The predicted octanol–water partition coefficient (Wildman–Crippen LogP) is 2.29. The molecule has 0 fully saturated rings. The van der Waals surface area contributed by atoms with Crippen LogP contribution in [0.4, 0.5) is 0 Å². The van der Waals surface area contributed by atoms with Crippen molar-refractivity contribution in [2.24, 2.45) is 0 Å². The molecule has 1 aliphatic heterocycles. The lowest BCUT2D eigenvalue weighted by Crippen LogP contribution is -2.30. The molecule has 24 heavy (non-hydrogen) atoms. The van der Waals surface area contributed by atoms with E-state index in [4.69, 9.17) is 21.1 Å². The summed E-state index contributed by atoms with van der Waals surface area (Å²) in [5.41, 5.74) is 2.21. The van der Waals surface area contributed by atoms with Gasteiger partial charge in [0.2, 0.25) is 5.88 Å². The number of fused-ring (bicyclic) bond motifs is 1. The first-order valence-corrected chi connectivity index (χ1v) is 8.18. The largest absolute Gasteiger partial charge is 0.475 e. The van der Waals surface area contributed by atoms with Crippen LogP contribution in [0.15, 0.2) is 18.3 Å². The van der Waals surface area contributed by atoms with Gasteiger partial charge in [-0.2, -0.15) is 5.10 Å². The topological polar surface area (TPSA) is 89.1 Å². The molecule has 1 aliphatic rings. The van der Waals surface area contributed by atoms with E-state index < -0.39 is 0 Å². The van der Waals surface area contributed by atoms with Crippen molar-refractivity contribution in [1.29, 1.82) is 0 Å². The highest BCUT2D eigenvalue weighted by Crippen LogP contribution is 2.30. The van der Waals surface area contributed by atoms with Crippen LogP contribution in [0.1, 0.15) is 41.7 Å². The number of hydrogen-bond donors (Lipinski definition) is 2. The molecule has 0 saturated heterocycles. The number of ether oxygens (including phenoxy) is 2. The molecule has 0 bridgehead atoms. The molecule has 3 heterocycles. The number of aromatic amines is 1. The van der Waals surface area contributed by atoms with Crippen molar-refractivity contribution >= 4 is 17.5 Å². The first-order chi connectivity index (χ1) is 11.6. The van der Waals surface area contributed by atoms with E-state index in [1.54, 1.807) is 18.3 Å². The third kappa shape index (κ3) is 3.52. The third-order valence-electron chi connectivity index (χ3n) is 3.80. The van der Waals surface area contributed by atoms with Gasteiger partial charge in [0.05, 0.1) is 24.4 Å². The van der Waals surface area contributed by atoms with Gasteiger partial charge in [-0.15, -0.1) is 0 Å². The molecule has 2 aromatic heterocycles. The number of rotatable bonds is 5. The van der Waals surface area contributed by atoms with Crippen molar-refractivity contribution in [2.45, 2.75) is 32.5 Å². The van der Waals surface area contributed by atoms with E-state index in [1.165, 1.54) is 0 Å². The summed E-state index contributed by atoms with van der Waals surface area (Å²) in [7, 11) is 0. The summed E-state index contributed by atoms with van der Waals surface area (Å²) in [4.78, 5) is 16.4. The molecule has 8 heteroatoms. The van der Waals surface area contributed by atoms with Crippen molar-refractivity contribution in [3.8, 4) is 5.88 Å². The van der Waals surface area contributed by atoms with Gasteiger partial charge in [0.1, 0.15) is 11.6 Å². The van der Waals surface area contributed by atoms with Crippen molar-refractivity contribution in [3.05, 3.63) is 40.3 Å². The second kappa shape index (κ2) is 7.19. The molecular formula is C16H19ClN4O3. The Morgan fingerprint density at radius 1 is 1.54 bits per heavy atom. The number of nitrogens with zero attached hydrogens (tertiary/aromatic N) is 2. The van der Waals surface area contributed by atoms with Crippen LogP contribution in [0.2, 0.25) is 5.02 Å². The van der Waals surface area contributed by atoms with Crippen LogP contribution < -0.4 is 10.1 Å². The maximum absolute atomic E-state index is 12.3. The number of carbonyl (C=O) groups is 1. The molecule has 0 radical (unpaired) electrons. The zero-order valence-corrected chi connectivity index (χ0v) is 14.3. The average Bonchev–Trinajstić information content (AvgIpc) is 2.97. The lowest BCUT2D eigenvalue weighted by atomic mass is 9.99. The molecule has 0 aromatic carbocycles. The second-order valence-corrected chi connectivity index (χ2v) is 6.06. The number of H-pyrrole nitrogens is 1. The lowest BCUT2D eigenvalue weighted by molar-refractivity contribution is -0.00697. The second-order valence-electron chi connectivity index (χ2n) is 5.65. The monoisotopic (exact) mass is 350 g/mol. The summed E-state index contributed by atoms with van der Waals surface area (Å²) in [6.07, 6.45) is 2.23. The number of carbonyl (C=O) groups excluding carboxylic acids is 1. The Morgan fingerprint density at radius 3 is 3.17 bits per heavy atom. The van der Waals surface area contributed by atoms with Crippen LogP contribution in [0, 0.1) is 0 Å². The Morgan fingerprint density at radius 2 is 2.38 bits per heavy atom. The van der Waals surface area contributed by atoms with Crippen LogP contribution in [0.3, 0.4) is 0 Å². The minimum Gasteiger partial charge on any atom is -0.475 e. The minimum atomic E-state index is -0.232. The highest BCUT2D eigenvalue weighted by atomic mass is 35.5. The fourth-order valence-electron chi connectivity index (χ4n) is 2.73. The molecule has 0 spiro atoms. The Bertz CT molecular complexity index is 734. The zero-order valence-electron chi connectivity index (χ0n) is 13.5. The first-order valence-electron chi connectivity index (χ1n) is 7.80. The van der Waals surface area contributed by atoms with Crippen molar-refractivity contribution < 1.29 is 14.3 Å². The SMILES string of the molecule is C[C@@H]1Cc2c(C(=O)NCCOc3ncccc3Cl)n[nH]c2[C@H](C)O1. The van der Waals surface area contributed by atoms with E-state index in [9.17, 15) is 4.79 Å². The van der Waals surface area contributed by atoms with Crippen LogP contribution in [0.25, 0.3) is 0 Å². The molecule has 0 aliphatic carbocycles. The number of hydrogen-bond acceptors (Lipinski definition) is 5. The fourth-order valence-corrected chi connectivity index (χ4v) is 2.91.